The van der Waals surface area contributed by atoms with Gasteiger partial charge in [0.15, 0.2) is 0 Å². The molecule has 3 aromatic rings. The molecule has 0 radical (unpaired) electrons. The maximum Gasteiger partial charge on any atom is 0.388 e. The van der Waals surface area contributed by atoms with E-state index in [1.165, 1.54) is 6.20 Å². The SMILES string of the molecule is Cc1ncc(Cc2cnc(OC(F)F)c(-c3cccc(OC(C)C)c3)c2)cn1. The van der Waals surface area contributed by atoms with Crippen LogP contribution in [0.25, 0.3) is 11.1 Å². The molecule has 0 fully saturated rings. The largest absolute Gasteiger partial charge is 0.491 e. The van der Waals surface area contributed by atoms with E-state index in [0.29, 0.717) is 29.1 Å². The molecule has 7 heteroatoms. The fourth-order valence-electron chi connectivity index (χ4n) is 2.73. The number of hydrogen-bond donors (Lipinski definition) is 0. The van der Waals surface area contributed by atoms with Crippen LogP contribution in [-0.2, 0) is 6.42 Å². The van der Waals surface area contributed by atoms with Crippen molar-refractivity contribution in [3.8, 4) is 22.8 Å². The summed E-state index contributed by atoms with van der Waals surface area (Å²) in [5, 5.41) is 0. The molecule has 0 aliphatic rings. The van der Waals surface area contributed by atoms with Crippen molar-refractivity contribution < 1.29 is 18.3 Å². The van der Waals surface area contributed by atoms with E-state index in [2.05, 4.69) is 19.7 Å². The molecule has 0 spiro atoms. The van der Waals surface area contributed by atoms with Crippen molar-refractivity contribution in [3.63, 3.8) is 0 Å². The van der Waals surface area contributed by atoms with Crippen molar-refractivity contribution in [2.75, 3.05) is 0 Å². The molecule has 0 aliphatic carbocycles. The Morgan fingerprint density at radius 3 is 2.32 bits per heavy atom. The number of rotatable bonds is 7. The monoisotopic (exact) mass is 385 g/mol. The number of alkyl halides is 2. The molecular weight excluding hydrogens is 364 g/mol. The Kier molecular flexibility index (Phi) is 6.13. The highest BCUT2D eigenvalue weighted by Crippen LogP contribution is 2.33. The van der Waals surface area contributed by atoms with Crippen LogP contribution in [0, 0.1) is 6.92 Å². The first-order chi connectivity index (χ1) is 13.4. The minimum atomic E-state index is -2.96. The summed E-state index contributed by atoms with van der Waals surface area (Å²) in [6.45, 7) is 2.69. The van der Waals surface area contributed by atoms with Gasteiger partial charge in [-0.25, -0.2) is 15.0 Å². The first-order valence-electron chi connectivity index (χ1n) is 8.89. The molecule has 1 aromatic carbocycles. The standard InChI is InChI=1S/C21H21F2N3O2/c1-13(2)27-18-6-4-5-17(9-18)19-8-15(10-26-20(19)28-21(22)23)7-16-11-24-14(3)25-12-16/h4-6,8-13,21H,7H2,1-3H3. The normalized spacial score (nSPS) is 11.1. The van der Waals surface area contributed by atoms with Crippen molar-refractivity contribution in [1.82, 2.24) is 15.0 Å². The van der Waals surface area contributed by atoms with Crippen LogP contribution in [0.4, 0.5) is 8.78 Å². The van der Waals surface area contributed by atoms with Crippen molar-refractivity contribution in [1.29, 1.82) is 0 Å². The Bertz CT molecular complexity index is 931. The third-order valence-corrected chi connectivity index (χ3v) is 3.87. The molecular formula is C21H21F2N3O2. The highest BCUT2D eigenvalue weighted by molar-refractivity contribution is 5.70. The van der Waals surface area contributed by atoms with E-state index >= 15 is 0 Å². The van der Waals surface area contributed by atoms with Gasteiger partial charge in [0.05, 0.1) is 6.10 Å². The minimum absolute atomic E-state index is 0.00182. The molecule has 0 aliphatic heterocycles. The van der Waals surface area contributed by atoms with E-state index in [-0.39, 0.29) is 12.0 Å². The quantitative estimate of drug-likeness (QED) is 0.583. The minimum Gasteiger partial charge on any atom is -0.491 e. The average molecular weight is 385 g/mol. The number of halogens is 2. The summed E-state index contributed by atoms with van der Waals surface area (Å²) in [6, 6.07) is 9.01. The van der Waals surface area contributed by atoms with Crippen LogP contribution >= 0.6 is 0 Å². The molecule has 0 saturated heterocycles. The van der Waals surface area contributed by atoms with Crippen LogP contribution in [0.2, 0.25) is 0 Å². The molecule has 2 aromatic heterocycles. The van der Waals surface area contributed by atoms with Gasteiger partial charge >= 0.3 is 6.61 Å². The van der Waals surface area contributed by atoms with Crippen LogP contribution in [0.5, 0.6) is 11.6 Å². The van der Waals surface area contributed by atoms with Gasteiger partial charge in [0.1, 0.15) is 11.6 Å². The fourth-order valence-corrected chi connectivity index (χ4v) is 2.73. The number of aromatic nitrogens is 3. The van der Waals surface area contributed by atoms with E-state index in [0.717, 1.165) is 11.1 Å². The highest BCUT2D eigenvalue weighted by Gasteiger charge is 2.15. The van der Waals surface area contributed by atoms with Gasteiger partial charge in [0.25, 0.3) is 0 Å². The molecule has 3 rings (SSSR count). The van der Waals surface area contributed by atoms with Crippen molar-refractivity contribution in [3.05, 3.63) is 65.9 Å². The molecule has 0 atom stereocenters. The maximum atomic E-state index is 12.8. The van der Waals surface area contributed by atoms with Crippen molar-refractivity contribution >= 4 is 0 Å². The maximum absolute atomic E-state index is 12.8. The lowest BCUT2D eigenvalue weighted by atomic mass is 10.0. The first-order valence-corrected chi connectivity index (χ1v) is 8.89. The smallest absolute Gasteiger partial charge is 0.388 e. The summed E-state index contributed by atoms with van der Waals surface area (Å²) in [4.78, 5) is 12.5. The van der Waals surface area contributed by atoms with Crippen LogP contribution < -0.4 is 9.47 Å². The third-order valence-electron chi connectivity index (χ3n) is 3.87. The molecule has 5 nitrogen and oxygen atoms in total. The van der Waals surface area contributed by atoms with Crippen molar-refractivity contribution in [2.45, 2.75) is 39.9 Å². The summed E-state index contributed by atoms with van der Waals surface area (Å²) in [5.74, 6) is 1.21. The Balaban J connectivity index is 1.97. The highest BCUT2D eigenvalue weighted by atomic mass is 19.3. The molecule has 28 heavy (non-hydrogen) atoms. The summed E-state index contributed by atoms with van der Waals surface area (Å²) in [6.07, 6.45) is 5.52. The fraction of sp³-hybridized carbons (Fsp3) is 0.286. The van der Waals surface area contributed by atoms with E-state index in [4.69, 9.17) is 4.74 Å². The van der Waals surface area contributed by atoms with Gasteiger partial charge < -0.3 is 9.47 Å². The van der Waals surface area contributed by atoms with Gasteiger partial charge in [-0.1, -0.05) is 12.1 Å². The van der Waals surface area contributed by atoms with Crippen LogP contribution in [-0.4, -0.2) is 27.7 Å². The zero-order chi connectivity index (χ0) is 20.1. The number of ether oxygens (including phenoxy) is 2. The number of aryl methyl sites for hydroxylation is 1. The first kappa shape index (κ1) is 19.7. The lowest BCUT2D eigenvalue weighted by Gasteiger charge is -2.14. The predicted octanol–water partition coefficient (Wildman–Crippen LogP) is 4.83. The second kappa shape index (κ2) is 8.73. The molecule has 0 N–H and O–H groups in total. The topological polar surface area (TPSA) is 57.1 Å². The summed E-state index contributed by atoms with van der Waals surface area (Å²) in [5.41, 5.74) is 2.89. The molecule has 0 saturated carbocycles. The molecule has 146 valence electrons. The van der Waals surface area contributed by atoms with Gasteiger partial charge in [0, 0.05) is 30.6 Å². The lowest BCUT2D eigenvalue weighted by molar-refractivity contribution is -0.0524. The number of hydrogen-bond acceptors (Lipinski definition) is 5. The van der Waals surface area contributed by atoms with Crippen LogP contribution in [0.3, 0.4) is 0 Å². The number of nitrogens with zero attached hydrogens (tertiary/aromatic N) is 3. The Labute approximate surface area is 162 Å². The van der Waals surface area contributed by atoms with E-state index < -0.39 is 6.61 Å². The van der Waals surface area contributed by atoms with E-state index in [1.54, 1.807) is 36.7 Å². The second-order valence-corrected chi connectivity index (χ2v) is 6.58. The lowest BCUT2D eigenvalue weighted by Crippen LogP contribution is -2.07. The molecule has 2 heterocycles. The van der Waals surface area contributed by atoms with Gasteiger partial charge in [-0.3, -0.25) is 0 Å². The molecule has 0 bridgehead atoms. The van der Waals surface area contributed by atoms with Gasteiger partial charge in [0.2, 0.25) is 5.88 Å². The van der Waals surface area contributed by atoms with Crippen molar-refractivity contribution in [2.24, 2.45) is 0 Å². The van der Waals surface area contributed by atoms with Gasteiger partial charge in [-0.2, -0.15) is 8.78 Å². The predicted molar refractivity (Wildman–Crippen MR) is 102 cm³/mol. The molecule has 0 unspecified atom stereocenters. The Morgan fingerprint density at radius 2 is 1.64 bits per heavy atom. The van der Waals surface area contributed by atoms with Crippen LogP contribution in [0.1, 0.15) is 30.8 Å². The summed E-state index contributed by atoms with van der Waals surface area (Å²) >= 11 is 0. The number of benzene rings is 1. The third kappa shape index (κ3) is 5.22. The molecule has 0 amide bonds. The Hall–Kier alpha value is -3.09. The average Bonchev–Trinajstić information content (AvgIpc) is 2.64. The zero-order valence-corrected chi connectivity index (χ0v) is 15.9. The zero-order valence-electron chi connectivity index (χ0n) is 15.9. The van der Waals surface area contributed by atoms with E-state index in [1.807, 2.05) is 26.8 Å². The summed E-state index contributed by atoms with van der Waals surface area (Å²) < 4.78 is 36.0. The summed E-state index contributed by atoms with van der Waals surface area (Å²) in [7, 11) is 0. The second-order valence-electron chi connectivity index (χ2n) is 6.58. The Morgan fingerprint density at radius 1 is 0.929 bits per heavy atom. The van der Waals surface area contributed by atoms with Gasteiger partial charge in [-0.15, -0.1) is 0 Å². The van der Waals surface area contributed by atoms with Crippen LogP contribution in [0.15, 0.2) is 48.9 Å². The van der Waals surface area contributed by atoms with E-state index in [9.17, 15) is 8.78 Å². The number of pyridine rings is 1. The van der Waals surface area contributed by atoms with Gasteiger partial charge in [-0.05, 0) is 55.7 Å².